The second-order valence-corrected chi connectivity index (χ2v) is 7.14. The molecule has 0 bridgehead atoms. The normalized spacial score (nSPS) is 16.3. The van der Waals surface area contributed by atoms with Crippen molar-refractivity contribution in [3.63, 3.8) is 0 Å². The number of likely N-dealkylation sites (tertiary alicyclic amines) is 1. The zero-order valence-electron chi connectivity index (χ0n) is 16.6. The Morgan fingerprint density at radius 3 is 2.79 bits per heavy atom. The number of hydrogen-bond donors (Lipinski definition) is 1. The van der Waals surface area contributed by atoms with Gasteiger partial charge in [0.2, 0.25) is 5.88 Å². The van der Waals surface area contributed by atoms with Crippen molar-refractivity contribution in [1.82, 2.24) is 19.9 Å². The van der Waals surface area contributed by atoms with Crippen LogP contribution in [0.1, 0.15) is 37.1 Å². The maximum atomic E-state index is 12.8. The largest absolute Gasteiger partial charge is 0.489 e. The number of aromatic nitrogens is 3. The number of amides is 2. The van der Waals surface area contributed by atoms with Gasteiger partial charge in [0.15, 0.2) is 5.75 Å². The van der Waals surface area contributed by atoms with E-state index in [-0.39, 0.29) is 6.03 Å². The van der Waals surface area contributed by atoms with Crippen LogP contribution in [0.5, 0.6) is 11.6 Å². The van der Waals surface area contributed by atoms with E-state index < -0.39 is 0 Å². The van der Waals surface area contributed by atoms with Gasteiger partial charge in [0.25, 0.3) is 0 Å². The van der Waals surface area contributed by atoms with E-state index in [1.807, 2.05) is 11.0 Å². The molecule has 1 saturated heterocycles. The third-order valence-electron chi connectivity index (χ3n) is 5.18. The van der Waals surface area contributed by atoms with Crippen molar-refractivity contribution in [3.05, 3.63) is 41.6 Å². The third kappa shape index (κ3) is 4.64. The first-order valence-corrected chi connectivity index (χ1v) is 9.95. The number of carbonyl (C=O) groups is 1. The number of nitrogens with zero attached hydrogens (tertiary/aromatic N) is 4. The SMILES string of the molecule is COc1cnc(C=C2CCN(C(=O)Nc3ccnc4c3OCCCC4)CC2)cn1. The number of methoxy groups -OCH3 is 1. The molecule has 0 atom stereocenters. The van der Waals surface area contributed by atoms with Crippen LogP contribution in [0, 0.1) is 0 Å². The van der Waals surface area contributed by atoms with Crippen LogP contribution < -0.4 is 14.8 Å². The van der Waals surface area contributed by atoms with Crippen molar-refractivity contribution in [2.75, 3.05) is 32.1 Å². The summed E-state index contributed by atoms with van der Waals surface area (Å²) in [4.78, 5) is 27.5. The van der Waals surface area contributed by atoms with Crippen LogP contribution in [-0.2, 0) is 6.42 Å². The fraction of sp³-hybridized carbons (Fsp3) is 0.429. The van der Waals surface area contributed by atoms with Crippen LogP contribution in [0.4, 0.5) is 10.5 Å². The van der Waals surface area contributed by atoms with Gasteiger partial charge in [-0.15, -0.1) is 0 Å². The van der Waals surface area contributed by atoms with Gasteiger partial charge in [0.1, 0.15) is 0 Å². The van der Waals surface area contributed by atoms with Gasteiger partial charge in [0.05, 0.1) is 43.2 Å². The molecule has 4 rings (SSSR count). The van der Waals surface area contributed by atoms with Crippen molar-refractivity contribution in [1.29, 1.82) is 0 Å². The molecule has 0 radical (unpaired) electrons. The lowest BCUT2D eigenvalue weighted by Gasteiger charge is -2.29. The zero-order valence-corrected chi connectivity index (χ0v) is 16.6. The van der Waals surface area contributed by atoms with Crippen molar-refractivity contribution in [2.24, 2.45) is 0 Å². The van der Waals surface area contributed by atoms with Crippen molar-refractivity contribution < 1.29 is 14.3 Å². The summed E-state index contributed by atoms with van der Waals surface area (Å²) in [7, 11) is 1.57. The minimum absolute atomic E-state index is 0.102. The summed E-state index contributed by atoms with van der Waals surface area (Å²) >= 11 is 0. The van der Waals surface area contributed by atoms with Gasteiger partial charge in [-0.05, 0) is 44.2 Å². The van der Waals surface area contributed by atoms with Gasteiger partial charge in [-0.1, -0.05) is 5.57 Å². The number of ether oxygens (including phenoxy) is 2. The topological polar surface area (TPSA) is 89.5 Å². The molecule has 2 aromatic heterocycles. The molecule has 0 aliphatic carbocycles. The van der Waals surface area contributed by atoms with Crippen molar-refractivity contribution in [2.45, 2.75) is 32.1 Å². The third-order valence-corrected chi connectivity index (χ3v) is 5.18. The maximum absolute atomic E-state index is 12.8. The summed E-state index contributed by atoms with van der Waals surface area (Å²) in [6.07, 6.45) is 11.6. The van der Waals surface area contributed by atoms with Crippen LogP contribution >= 0.6 is 0 Å². The Morgan fingerprint density at radius 1 is 1.17 bits per heavy atom. The first-order chi connectivity index (χ1) is 14.2. The Kier molecular flexibility index (Phi) is 5.88. The predicted octanol–water partition coefficient (Wildman–Crippen LogP) is 3.31. The Labute approximate surface area is 170 Å². The molecule has 8 heteroatoms. The number of piperidine rings is 1. The molecule has 0 spiro atoms. The summed E-state index contributed by atoms with van der Waals surface area (Å²) in [5.74, 6) is 1.21. The maximum Gasteiger partial charge on any atom is 0.321 e. The number of carbonyl (C=O) groups excluding carboxylic acids is 1. The number of fused-ring (bicyclic) bond motifs is 1. The molecule has 0 aromatic carbocycles. The smallest absolute Gasteiger partial charge is 0.321 e. The summed E-state index contributed by atoms with van der Waals surface area (Å²) in [6.45, 7) is 1.98. The van der Waals surface area contributed by atoms with Crippen LogP contribution in [0.3, 0.4) is 0 Å². The molecule has 0 saturated carbocycles. The van der Waals surface area contributed by atoms with Gasteiger partial charge in [-0.25, -0.2) is 14.8 Å². The Balaban J connectivity index is 1.36. The number of nitrogens with one attached hydrogen (secondary N) is 1. The highest BCUT2D eigenvalue weighted by atomic mass is 16.5. The number of rotatable bonds is 3. The number of anilines is 1. The van der Waals surface area contributed by atoms with E-state index in [4.69, 9.17) is 9.47 Å². The lowest BCUT2D eigenvalue weighted by atomic mass is 10.0. The minimum atomic E-state index is -0.102. The minimum Gasteiger partial charge on any atom is -0.489 e. The van der Waals surface area contributed by atoms with Gasteiger partial charge < -0.3 is 19.7 Å². The predicted molar refractivity (Wildman–Crippen MR) is 109 cm³/mol. The number of urea groups is 1. The lowest BCUT2D eigenvalue weighted by Crippen LogP contribution is -2.39. The molecular weight excluding hydrogens is 370 g/mol. The number of pyridine rings is 1. The van der Waals surface area contributed by atoms with E-state index in [2.05, 4.69) is 20.3 Å². The summed E-state index contributed by atoms with van der Waals surface area (Å²) < 4.78 is 10.9. The molecule has 1 fully saturated rings. The van der Waals surface area contributed by atoms with E-state index in [0.29, 0.717) is 37.0 Å². The highest BCUT2D eigenvalue weighted by molar-refractivity contribution is 5.91. The van der Waals surface area contributed by atoms with Gasteiger partial charge in [-0.2, -0.15) is 0 Å². The lowest BCUT2D eigenvalue weighted by molar-refractivity contribution is 0.207. The van der Waals surface area contributed by atoms with E-state index in [1.54, 1.807) is 31.8 Å². The standard InChI is InChI=1S/C21H25N5O3/c1-28-19-14-23-16(13-24-19)12-15-6-9-26(10-7-15)21(27)25-18-5-8-22-17-4-2-3-11-29-20(17)18/h5,8,12-14H,2-4,6-7,9-11H2,1H3,(H,22,25,27). The van der Waals surface area contributed by atoms with E-state index in [1.165, 1.54) is 5.57 Å². The second kappa shape index (κ2) is 8.89. The first-order valence-electron chi connectivity index (χ1n) is 9.95. The molecule has 2 aliphatic heterocycles. The molecule has 4 heterocycles. The quantitative estimate of drug-likeness (QED) is 0.858. The Bertz CT molecular complexity index is 888. The molecule has 29 heavy (non-hydrogen) atoms. The summed E-state index contributed by atoms with van der Waals surface area (Å²) in [5, 5.41) is 3.01. The Hall–Kier alpha value is -3.16. The molecule has 152 valence electrons. The molecule has 2 aromatic rings. The fourth-order valence-corrected chi connectivity index (χ4v) is 3.55. The fourth-order valence-electron chi connectivity index (χ4n) is 3.55. The van der Waals surface area contributed by atoms with Crippen molar-refractivity contribution >= 4 is 17.8 Å². The number of aryl methyl sites for hydroxylation is 1. The van der Waals surface area contributed by atoms with Crippen LogP contribution in [0.2, 0.25) is 0 Å². The summed E-state index contributed by atoms with van der Waals surface area (Å²) in [6, 6.07) is 1.70. The van der Waals surface area contributed by atoms with Crippen LogP contribution in [0.25, 0.3) is 6.08 Å². The van der Waals surface area contributed by atoms with Gasteiger partial charge in [-0.3, -0.25) is 4.98 Å². The molecule has 2 aliphatic rings. The van der Waals surface area contributed by atoms with Gasteiger partial charge >= 0.3 is 6.03 Å². The molecule has 8 nitrogen and oxygen atoms in total. The van der Waals surface area contributed by atoms with E-state index in [0.717, 1.165) is 43.5 Å². The average Bonchev–Trinajstić information content (AvgIpc) is 3.01. The van der Waals surface area contributed by atoms with E-state index >= 15 is 0 Å². The zero-order chi connectivity index (χ0) is 20.1. The molecular formula is C21H25N5O3. The molecule has 2 amide bonds. The molecule has 0 unspecified atom stereocenters. The first kappa shape index (κ1) is 19.2. The van der Waals surface area contributed by atoms with Gasteiger partial charge in [0, 0.05) is 19.3 Å². The van der Waals surface area contributed by atoms with E-state index in [9.17, 15) is 4.79 Å². The molecule has 1 N–H and O–H groups in total. The number of hydrogen-bond acceptors (Lipinski definition) is 6. The average molecular weight is 395 g/mol. The highest BCUT2D eigenvalue weighted by Gasteiger charge is 2.22. The van der Waals surface area contributed by atoms with Crippen LogP contribution in [-0.4, -0.2) is 52.7 Å². The second-order valence-electron chi connectivity index (χ2n) is 7.14. The Morgan fingerprint density at radius 2 is 2.03 bits per heavy atom. The highest BCUT2D eigenvalue weighted by Crippen LogP contribution is 2.31. The summed E-state index contributed by atoms with van der Waals surface area (Å²) in [5.41, 5.74) is 3.69. The monoisotopic (exact) mass is 395 g/mol. The van der Waals surface area contributed by atoms with Crippen molar-refractivity contribution in [3.8, 4) is 11.6 Å². The van der Waals surface area contributed by atoms with Crippen LogP contribution in [0.15, 0.2) is 30.2 Å².